The summed E-state index contributed by atoms with van der Waals surface area (Å²) in [6.45, 7) is 9.01. The SMILES string of the molecule is C.Cc1ccc(C(N)=O)cc1Nc1nc(NC2CCCNC2)nc(N(C)CC(C)C)n1. The molecule has 0 saturated carbocycles. The van der Waals surface area contributed by atoms with Gasteiger partial charge in [-0.25, -0.2) is 0 Å². The molecule has 1 aliphatic heterocycles. The van der Waals surface area contributed by atoms with Crippen LogP contribution in [0.2, 0.25) is 0 Å². The van der Waals surface area contributed by atoms with Gasteiger partial charge in [0.25, 0.3) is 0 Å². The standard InChI is InChI=1S/C21H32N8O.CH4/c1-13(2)12-29(4)21-27-19(24-16-6-5-9-23-11-16)26-20(28-21)25-17-10-15(18(22)30)8-7-14(17)3;/h7-8,10,13,16,23H,5-6,9,11-12H2,1-4H3,(H2,22,30)(H2,24,25,26,27,28);1H4. The van der Waals surface area contributed by atoms with E-state index in [0.29, 0.717) is 29.3 Å². The van der Waals surface area contributed by atoms with Gasteiger partial charge in [0.2, 0.25) is 23.8 Å². The van der Waals surface area contributed by atoms with Crippen LogP contribution in [0.1, 0.15) is 50.0 Å². The van der Waals surface area contributed by atoms with E-state index in [1.807, 2.05) is 24.9 Å². The van der Waals surface area contributed by atoms with Gasteiger partial charge in [0, 0.05) is 37.4 Å². The third-order valence-electron chi connectivity index (χ3n) is 5.00. The van der Waals surface area contributed by atoms with Gasteiger partial charge in [-0.2, -0.15) is 15.0 Å². The van der Waals surface area contributed by atoms with Gasteiger partial charge in [0.15, 0.2) is 0 Å². The lowest BCUT2D eigenvalue weighted by Crippen LogP contribution is -2.39. The van der Waals surface area contributed by atoms with E-state index in [-0.39, 0.29) is 13.5 Å². The first kappa shape index (κ1) is 24.3. The molecule has 31 heavy (non-hydrogen) atoms. The second-order valence-corrected chi connectivity index (χ2v) is 8.26. The van der Waals surface area contributed by atoms with Crippen LogP contribution in [-0.4, -0.2) is 53.6 Å². The number of carbonyl (C=O) groups excluding carboxylic acids is 1. The Morgan fingerprint density at radius 1 is 1.29 bits per heavy atom. The van der Waals surface area contributed by atoms with Crippen molar-refractivity contribution in [2.75, 3.05) is 42.2 Å². The van der Waals surface area contributed by atoms with Crippen molar-refractivity contribution in [1.82, 2.24) is 20.3 Å². The molecule has 1 aromatic heterocycles. The highest BCUT2D eigenvalue weighted by Crippen LogP contribution is 2.23. The van der Waals surface area contributed by atoms with Crippen molar-refractivity contribution in [3.05, 3.63) is 29.3 Å². The number of carbonyl (C=O) groups is 1. The fourth-order valence-corrected chi connectivity index (χ4v) is 3.47. The predicted octanol–water partition coefficient (Wildman–Crippen LogP) is 2.91. The number of benzene rings is 1. The minimum atomic E-state index is -0.474. The Hall–Kier alpha value is -2.94. The number of aryl methyl sites for hydroxylation is 1. The van der Waals surface area contributed by atoms with E-state index in [9.17, 15) is 4.79 Å². The molecule has 1 aliphatic rings. The lowest BCUT2D eigenvalue weighted by molar-refractivity contribution is 0.100. The minimum absolute atomic E-state index is 0. The van der Waals surface area contributed by atoms with Crippen molar-refractivity contribution in [2.45, 2.75) is 47.1 Å². The fourth-order valence-electron chi connectivity index (χ4n) is 3.47. The number of nitrogens with two attached hydrogens (primary N) is 1. The summed E-state index contributed by atoms with van der Waals surface area (Å²) in [6.07, 6.45) is 2.19. The quantitative estimate of drug-likeness (QED) is 0.506. The monoisotopic (exact) mass is 428 g/mol. The molecule has 170 valence electrons. The molecule has 1 fully saturated rings. The molecule has 9 nitrogen and oxygen atoms in total. The molecule has 9 heteroatoms. The van der Waals surface area contributed by atoms with Crippen molar-refractivity contribution < 1.29 is 4.79 Å². The summed E-state index contributed by atoms with van der Waals surface area (Å²) >= 11 is 0. The largest absolute Gasteiger partial charge is 0.366 e. The van der Waals surface area contributed by atoms with Crippen LogP contribution < -0.4 is 26.6 Å². The number of nitrogens with one attached hydrogen (secondary N) is 3. The number of hydrogen-bond acceptors (Lipinski definition) is 8. The molecule has 1 saturated heterocycles. The Bertz CT molecular complexity index is 880. The molecule has 1 unspecified atom stereocenters. The molecule has 1 aromatic carbocycles. The Balaban J connectivity index is 0.00000341. The van der Waals surface area contributed by atoms with Crippen molar-refractivity contribution in [1.29, 1.82) is 0 Å². The number of hydrogen-bond donors (Lipinski definition) is 4. The zero-order valence-corrected chi connectivity index (χ0v) is 18.2. The van der Waals surface area contributed by atoms with E-state index in [4.69, 9.17) is 5.73 Å². The van der Waals surface area contributed by atoms with Gasteiger partial charge in [-0.05, 0) is 49.9 Å². The number of aromatic nitrogens is 3. The summed E-state index contributed by atoms with van der Waals surface area (Å²) < 4.78 is 0. The van der Waals surface area contributed by atoms with E-state index in [0.717, 1.165) is 43.7 Å². The molecule has 2 heterocycles. The topological polar surface area (TPSA) is 121 Å². The summed E-state index contributed by atoms with van der Waals surface area (Å²) in [5.74, 6) is 1.55. The third kappa shape index (κ3) is 6.78. The maximum absolute atomic E-state index is 11.6. The van der Waals surface area contributed by atoms with Crippen LogP contribution in [0, 0.1) is 12.8 Å². The first-order valence-corrected chi connectivity index (χ1v) is 10.4. The van der Waals surface area contributed by atoms with E-state index >= 15 is 0 Å². The number of piperidine rings is 1. The molecular weight excluding hydrogens is 392 g/mol. The summed E-state index contributed by atoms with van der Waals surface area (Å²) in [7, 11) is 1.98. The molecule has 0 bridgehead atoms. The van der Waals surface area contributed by atoms with Gasteiger partial charge in [-0.1, -0.05) is 27.3 Å². The van der Waals surface area contributed by atoms with Crippen LogP contribution in [0.3, 0.4) is 0 Å². The molecule has 1 atom stereocenters. The Morgan fingerprint density at radius 3 is 2.68 bits per heavy atom. The summed E-state index contributed by atoms with van der Waals surface area (Å²) in [5, 5.41) is 10.1. The molecule has 0 radical (unpaired) electrons. The van der Waals surface area contributed by atoms with Gasteiger partial charge in [-0.3, -0.25) is 4.79 Å². The predicted molar refractivity (Wildman–Crippen MR) is 127 cm³/mol. The number of anilines is 4. The minimum Gasteiger partial charge on any atom is -0.366 e. The van der Waals surface area contributed by atoms with Gasteiger partial charge in [0.1, 0.15) is 0 Å². The molecule has 5 N–H and O–H groups in total. The van der Waals surface area contributed by atoms with E-state index in [2.05, 4.69) is 44.7 Å². The van der Waals surface area contributed by atoms with Crippen molar-refractivity contribution in [2.24, 2.45) is 11.7 Å². The van der Waals surface area contributed by atoms with Crippen LogP contribution in [-0.2, 0) is 0 Å². The average molecular weight is 429 g/mol. The maximum Gasteiger partial charge on any atom is 0.248 e. The number of nitrogens with zero attached hydrogens (tertiary/aromatic N) is 4. The smallest absolute Gasteiger partial charge is 0.248 e. The highest BCUT2D eigenvalue weighted by atomic mass is 16.1. The lowest BCUT2D eigenvalue weighted by atomic mass is 10.1. The van der Waals surface area contributed by atoms with Crippen LogP contribution in [0.4, 0.5) is 23.5 Å². The average Bonchev–Trinajstić information content (AvgIpc) is 2.69. The Labute approximate surface area is 185 Å². The molecule has 3 rings (SSSR count). The number of rotatable bonds is 8. The fraction of sp³-hybridized carbons (Fsp3) is 0.545. The van der Waals surface area contributed by atoms with Crippen LogP contribution in [0.25, 0.3) is 0 Å². The van der Waals surface area contributed by atoms with Crippen molar-refractivity contribution in [3.8, 4) is 0 Å². The zero-order chi connectivity index (χ0) is 21.7. The van der Waals surface area contributed by atoms with Crippen LogP contribution in [0.15, 0.2) is 18.2 Å². The number of amides is 1. The lowest BCUT2D eigenvalue weighted by Gasteiger charge is -2.25. The molecule has 2 aromatic rings. The Morgan fingerprint density at radius 2 is 2.03 bits per heavy atom. The van der Waals surface area contributed by atoms with Crippen LogP contribution in [0.5, 0.6) is 0 Å². The third-order valence-corrected chi connectivity index (χ3v) is 5.00. The van der Waals surface area contributed by atoms with Crippen molar-refractivity contribution in [3.63, 3.8) is 0 Å². The second kappa shape index (κ2) is 10.9. The summed E-state index contributed by atoms with van der Waals surface area (Å²) in [5.41, 5.74) is 7.56. The normalized spacial score (nSPS) is 15.8. The Kier molecular flexibility index (Phi) is 8.56. The first-order chi connectivity index (χ1) is 14.3. The van der Waals surface area contributed by atoms with Gasteiger partial charge < -0.3 is 26.6 Å². The highest BCUT2D eigenvalue weighted by molar-refractivity contribution is 5.94. The summed E-state index contributed by atoms with van der Waals surface area (Å²) in [4.78, 5) is 27.4. The summed E-state index contributed by atoms with van der Waals surface area (Å²) in [6, 6.07) is 5.55. The van der Waals surface area contributed by atoms with E-state index in [1.165, 1.54) is 0 Å². The van der Waals surface area contributed by atoms with Gasteiger partial charge in [-0.15, -0.1) is 0 Å². The molecular formula is C22H36N8O. The van der Waals surface area contributed by atoms with Gasteiger partial charge in [0.05, 0.1) is 0 Å². The van der Waals surface area contributed by atoms with Crippen molar-refractivity contribution >= 4 is 29.4 Å². The highest BCUT2D eigenvalue weighted by Gasteiger charge is 2.17. The van der Waals surface area contributed by atoms with Crippen LogP contribution >= 0.6 is 0 Å². The molecule has 0 spiro atoms. The first-order valence-electron chi connectivity index (χ1n) is 10.4. The van der Waals surface area contributed by atoms with E-state index in [1.54, 1.807) is 12.1 Å². The maximum atomic E-state index is 11.6. The second-order valence-electron chi connectivity index (χ2n) is 8.26. The number of primary amides is 1. The van der Waals surface area contributed by atoms with Gasteiger partial charge >= 0.3 is 0 Å². The van der Waals surface area contributed by atoms with E-state index < -0.39 is 5.91 Å². The zero-order valence-electron chi connectivity index (χ0n) is 18.2. The molecule has 1 amide bonds. The molecule has 0 aliphatic carbocycles.